The Morgan fingerprint density at radius 2 is 2.06 bits per heavy atom. The van der Waals surface area contributed by atoms with Gasteiger partial charge in [-0.15, -0.1) is 0 Å². The van der Waals surface area contributed by atoms with E-state index >= 15 is 0 Å². The topological polar surface area (TPSA) is 30.5 Å². The number of rotatable bonds is 5. The quantitative estimate of drug-likeness (QED) is 0.848. The van der Waals surface area contributed by atoms with Crippen molar-refractivity contribution in [1.29, 1.82) is 0 Å². The van der Waals surface area contributed by atoms with Gasteiger partial charge in [0.2, 0.25) is 0 Å². The van der Waals surface area contributed by atoms with Crippen molar-refractivity contribution in [2.45, 2.75) is 25.8 Å². The maximum atomic E-state index is 5.62. The lowest BCUT2D eigenvalue weighted by Gasteiger charge is -2.20. The standard InChI is InChI=1S/C14H18BrNO2/c15-12-7-11(9-16-4-3-10-1-2-10)8-13-14(12)18-6-5-17-13/h7-8,10,16H,1-6,9H2. The summed E-state index contributed by atoms with van der Waals surface area (Å²) < 4.78 is 12.2. The zero-order chi connectivity index (χ0) is 12.4. The predicted octanol–water partition coefficient (Wildman–Crippen LogP) is 3.11. The minimum Gasteiger partial charge on any atom is -0.486 e. The summed E-state index contributed by atoms with van der Waals surface area (Å²) in [7, 11) is 0. The minimum atomic E-state index is 0.630. The zero-order valence-electron chi connectivity index (χ0n) is 10.4. The molecule has 18 heavy (non-hydrogen) atoms. The third-order valence-corrected chi connectivity index (χ3v) is 4.00. The minimum absolute atomic E-state index is 0.630. The van der Waals surface area contributed by atoms with E-state index in [9.17, 15) is 0 Å². The van der Waals surface area contributed by atoms with Crippen LogP contribution in [0, 0.1) is 5.92 Å². The molecule has 0 amide bonds. The fraction of sp³-hybridized carbons (Fsp3) is 0.571. The molecule has 1 fully saturated rings. The van der Waals surface area contributed by atoms with Crippen molar-refractivity contribution in [3.05, 3.63) is 22.2 Å². The van der Waals surface area contributed by atoms with Crippen LogP contribution in [0.15, 0.2) is 16.6 Å². The average molecular weight is 312 g/mol. The Morgan fingerprint density at radius 1 is 1.22 bits per heavy atom. The molecule has 1 aromatic carbocycles. The van der Waals surface area contributed by atoms with Gasteiger partial charge >= 0.3 is 0 Å². The lowest BCUT2D eigenvalue weighted by Crippen LogP contribution is -2.18. The van der Waals surface area contributed by atoms with Crippen LogP contribution >= 0.6 is 15.9 Å². The fourth-order valence-corrected chi connectivity index (χ4v) is 2.82. The van der Waals surface area contributed by atoms with Gasteiger partial charge in [0.05, 0.1) is 4.47 Å². The summed E-state index contributed by atoms with van der Waals surface area (Å²) in [5.41, 5.74) is 1.24. The Labute approximate surface area is 116 Å². The molecular weight excluding hydrogens is 294 g/mol. The second-order valence-corrected chi connectivity index (χ2v) is 5.86. The number of nitrogens with one attached hydrogen (secondary N) is 1. The smallest absolute Gasteiger partial charge is 0.175 e. The molecular formula is C14H18BrNO2. The molecule has 4 heteroatoms. The van der Waals surface area contributed by atoms with Crippen LogP contribution in [0.5, 0.6) is 11.5 Å². The fourth-order valence-electron chi connectivity index (χ4n) is 2.21. The molecule has 0 spiro atoms. The number of benzene rings is 1. The van der Waals surface area contributed by atoms with Crippen LogP contribution in [0.1, 0.15) is 24.8 Å². The number of hydrogen-bond acceptors (Lipinski definition) is 3. The highest BCUT2D eigenvalue weighted by atomic mass is 79.9. The molecule has 98 valence electrons. The van der Waals surface area contributed by atoms with E-state index < -0.39 is 0 Å². The number of halogens is 1. The van der Waals surface area contributed by atoms with Gasteiger partial charge in [-0.2, -0.15) is 0 Å². The summed E-state index contributed by atoms with van der Waals surface area (Å²) in [5.74, 6) is 2.68. The van der Waals surface area contributed by atoms with Crippen LogP contribution in [0.3, 0.4) is 0 Å². The van der Waals surface area contributed by atoms with Gasteiger partial charge < -0.3 is 14.8 Å². The molecule has 0 bridgehead atoms. The lowest BCUT2D eigenvalue weighted by molar-refractivity contribution is 0.170. The number of fused-ring (bicyclic) bond motifs is 1. The highest BCUT2D eigenvalue weighted by Gasteiger charge is 2.20. The Morgan fingerprint density at radius 3 is 2.89 bits per heavy atom. The Balaban J connectivity index is 1.59. The van der Waals surface area contributed by atoms with E-state index in [1.54, 1.807) is 0 Å². The highest BCUT2D eigenvalue weighted by Crippen LogP contribution is 2.38. The second kappa shape index (κ2) is 5.49. The molecule has 0 unspecified atom stereocenters. The van der Waals surface area contributed by atoms with Crippen LogP contribution in [0.4, 0.5) is 0 Å². The molecule has 0 atom stereocenters. The van der Waals surface area contributed by atoms with Gasteiger partial charge in [-0.3, -0.25) is 0 Å². The molecule has 3 nitrogen and oxygen atoms in total. The molecule has 0 aromatic heterocycles. The first-order valence-electron chi connectivity index (χ1n) is 6.61. The molecule has 1 N–H and O–H groups in total. The highest BCUT2D eigenvalue weighted by molar-refractivity contribution is 9.10. The first-order chi connectivity index (χ1) is 8.83. The van der Waals surface area contributed by atoms with Gasteiger partial charge in [-0.25, -0.2) is 0 Å². The molecule has 2 aliphatic rings. The molecule has 0 radical (unpaired) electrons. The molecule has 0 saturated heterocycles. The second-order valence-electron chi connectivity index (χ2n) is 5.01. The van der Waals surface area contributed by atoms with Gasteiger partial charge in [-0.05, 0) is 52.5 Å². The summed E-state index contributed by atoms with van der Waals surface area (Å²) in [6.07, 6.45) is 4.17. The van der Waals surface area contributed by atoms with Crippen LogP contribution < -0.4 is 14.8 Å². The summed E-state index contributed by atoms with van der Waals surface area (Å²) in [5, 5.41) is 3.49. The Hall–Kier alpha value is -0.740. The third kappa shape index (κ3) is 2.98. The summed E-state index contributed by atoms with van der Waals surface area (Å²) in [6.45, 7) is 3.27. The SMILES string of the molecule is Brc1cc(CNCCC2CC2)cc2c1OCCO2. The molecule has 1 heterocycles. The largest absolute Gasteiger partial charge is 0.486 e. The van der Waals surface area contributed by atoms with Gasteiger partial charge in [0.1, 0.15) is 13.2 Å². The van der Waals surface area contributed by atoms with Crippen LogP contribution in [-0.2, 0) is 6.54 Å². The van der Waals surface area contributed by atoms with Crippen LogP contribution in [0.25, 0.3) is 0 Å². The maximum absolute atomic E-state index is 5.62. The first-order valence-corrected chi connectivity index (χ1v) is 7.41. The molecule has 1 saturated carbocycles. The van der Waals surface area contributed by atoms with E-state index in [1.165, 1.54) is 24.8 Å². The van der Waals surface area contributed by atoms with E-state index in [-0.39, 0.29) is 0 Å². The van der Waals surface area contributed by atoms with Gasteiger partial charge in [0.15, 0.2) is 11.5 Å². The number of hydrogen-bond donors (Lipinski definition) is 1. The van der Waals surface area contributed by atoms with Gasteiger partial charge in [0.25, 0.3) is 0 Å². The van der Waals surface area contributed by atoms with E-state index in [1.807, 2.05) is 0 Å². The zero-order valence-corrected chi connectivity index (χ0v) is 12.0. The maximum Gasteiger partial charge on any atom is 0.175 e. The molecule has 1 aliphatic heterocycles. The monoisotopic (exact) mass is 311 g/mol. The predicted molar refractivity (Wildman–Crippen MR) is 74.2 cm³/mol. The van der Waals surface area contributed by atoms with E-state index in [0.29, 0.717) is 13.2 Å². The molecule has 3 rings (SSSR count). The normalized spacial score (nSPS) is 17.8. The van der Waals surface area contributed by atoms with Crippen molar-refractivity contribution in [1.82, 2.24) is 5.32 Å². The summed E-state index contributed by atoms with van der Waals surface area (Å²) in [4.78, 5) is 0. The van der Waals surface area contributed by atoms with Crippen LogP contribution in [0.2, 0.25) is 0 Å². The molecule has 1 aromatic rings. The van der Waals surface area contributed by atoms with E-state index in [4.69, 9.17) is 9.47 Å². The van der Waals surface area contributed by atoms with E-state index in [2.05, 4.69) is 33.4 Å². The number of ether oxygens (including phenoxy) is 2. The van der Waals surface area contributed by atoms with Crippen molar-refractivity contribution in [2.24, 2.45) is 5.92 Å². The summed E-state index contributed by atoms with van der Waals surface area (Å²) >= 11 is 3.54. The van der Waals surface area contributed by atoms with Gasteiger partial charge in [0, 0.05) is 6.54 Å². The Bertz CT molecular complexity index is 432. The average Bonchev–Trinajstić information content (AvgIpc) is 3.19. The lowest BCUT2D eigenvalue weighted by atomic mass is 10.2. The van der Waals surface area contributed by atoms with Crippen molar-refractivity contribution in [2.75, 3.05) is 19.8 Å². The van der Waals surface area contributed by atoms with Crippen molar-refractivity contribution < 1.29 is 9.47 Å². The van der Waals surface area contributed by atoms with Crippen molar-refractivity contribution >= 4 is 15.9 Å². The third-order valence-electron chi connectivity index (χ3n) is 3.41. The molecule has 1 aliphatic carbocycles. The van der Waals surface area contributed by atoms with E-state index in [0.717, 1.165) is 35.0 Å². The Kier molecular flexibility index (Phi) is 3.75. The van der Waals surface area contributed by atoms with Crippen molar-refractivity contribution in [3.8, 4) is 11.5 Å². The first kappa shape index (κ1) is 12.3. The summed E-state index contributed by atoms with van der Waals surface area (Å²) in [6, 6.07) is 4.18. The van der Waals surface area contributed by atoms with Crippen molar-refractivity contribution in [3.63, 3.8) is 0 Å². The van der Waals surface area contributed by atoms with Crippen LogP contribution in [-0.4, -0.2) is 19.8 Å². The van der Waals surface area contributed by atoms with Gasteiger partial charge in [-0.1, -0.05) is 12.8 Å².